The summed E-state index contributed by atoms with van der Waals surface area (Å²) in [4.78, 5) is 25.8. The Balaban J connectivity index is 1.43. The fraction of sp³-hybridized carbons (Fsp3) is 0.318. The van der Waals surface area contributed by atoms with Gasteiger partial charge in [-0.2, -0.15) is 0 Å². The number of rotatable bonds is 4. The highest BCUT2D eigenvalue weighted by Gasteiger charge is 2.24. The van der Waals surface area contributed by atoms with E-state index in [0.717, 1.165) is 48.5 Å². The number of benzene rings is 2. The molecule has 0 bridgehead atoms. The number of piperazine rings is 1. The molecule has 1 aliphatic heterocycles. The number of amides is 1. The van der Waals surface area contributed by atoms with Crippen LogP contribution in [0, 0.1) is 0 Å². The molecule has 0 saturated carbocycles. The molecule has 28 heavy (non-hydrogen) atoms. The van der Waals surface area contributed by atoms with E-state index in [1.54, 1.807) is 6.20 Å². The van der Waals surface area contributed by atoms with Gasteiger partial charge in [0.25, 0.3) is 5.91 Å². The Hall–Kier alpha value is -2.99. The predicted molar refractivity (Wildman–Crippen MR) is 109 cm³/mol. The number of fused-ring (bicyclic) bond motifs is 1. The Labute approximate surface area is 164 Å². The van der Waals surface area contributed by atoms with Gasteiger partial charge in [0.1, 0.15) is 5.75 Å². The molecule has 0 radical (unpaired) electrons. The highest BCUT2D eigenvalue weighted by atomic mass is 16.5. The summed E-state index contributed by atoms with van der Waals surface area (Å²) < 4.78 is 5.88. The molecule has 1 aromatic heterocycles. The van der Waals surface area contributed by atoms with Crippen LogP contribution in [-0.2, 0) is 4.79 Å². The first kappa shape index (κ1) is 18.4. The summed E-state index contributed by atoms with van der Waals surface area (Å²) in [6, 6.07) is 15.4. The van der Waals surface area contributed by atoms with E-state index in [0.29, 0.717) is 5.75 Å². The van der Waals surface area contributed by atoms with E-state index in [1.165, 1.54) is 0 Å². The van der Waals surface area contributed by atoms with E-state index in [4.69, 9.17) is 4.74 Å². The zero-order chi connectivity index (χ0) is 19.5. The maximum atomic E-state index is 12.6. The van der Waals surface area contributed by atoms with Crippen LogP contribution < -0.4 is 4.74 Å². The van der Waals surface area contributed by atoms with Crippen molar-refractivity contribution in [3.8, 4) is 17.0 Å². The van der Waals surface area contributed by atoms with Crippen molar-refractivity contribution in [1.82, 2.24) is 19.8 Å². The van der Waals surface area contributed by atoms with E-state index in [-0.39, 0.29) is 5.91 Å². The highest BCUT2D eigenvalue weighted by molar-refractivity contribution is 5.81. The number of ether oxygens (including phenoxy) is 1. The predicted octanol–water partition coefficient (Wildman–Crippen LogP) is 2.84. The van der Waals surface area contributed by atoms with Crippen LogP contribution in [0.15, 0.2) is 54.7 Å². The van der Waals surface area contributed by atoms with Crippen LogP contribution >= 0.6 is 0 Å². The van der Waals surface area contributed by atoms with Crippen molar-refractivity contribution in [3.05, 3.63) is 54.7 Å². The fourth-order valence-electron chi connectivity index (χ4n) is 3.34. The molecular weight excluding hydrogens is 352 g/mol. The minimum atomic E-state index is -0.505. The Morgan fingerprint density at radius 3 is 2.39 bits per heavy atom. The zero-order valence-corrected chi connectivity index (χ0v) is 16.2. The van der Waals surface area contributed by atoms with Crippen LogP contribution in [0.1, 0.15) is 6.92 Å². The minimum Gasteiger partial charge on any atom is -0.481 e. The van der Waals surface area contributed by atoms with Crippen molar-refractivity contribution in [2.75, 3.05) is 33.2 Å². The molecule has 6 nitrogen and oxygen atoms in total. The number of hydrogen-bond acceptors (Lipinski definition) is 5. The SMILES string of the molecule is CC(Oc1ccc(-c2cnc3ccccc3n2)cc1)C(=O)N1CCN(C)CC1. The summed E-state index contributed by atoms with van der Waals surface area (Å²) in [5.74, 6) is 0.713. The van der Waals surface area contributed by atoms with Gasteiger partial charge in [0.15, 0.2) is 6.10 Å². The van der Waals surface area contributed by atoms with Gasteiger partial charge in [-0.15, -0.1) is 0 Å². The normalized spacial score (nSPS) is 16.1. The number of carbonyl (C=O) groups is 1. The van der Waals surface area contributed by atoms with Gasteiger partial charge in [-0.25, -0.2) is 4.98 Å². The smallest absolute Gasteiger partial charge is 0.263 e. The van der Waals surface area contributed by atoms with Crippen molar-refractivity contribution in [2.45, 2.75) is 13.0 Å². The maximum Gasteiger partial charge on any atom is 0.263 e. The van der Waals surface area contributed by atoms with E-state index in [2.05, 4.69) is 21.9 Å². The molecule has 1 unspecified atom stereocenters. The van der Waals surface area contributed by atoms with Crippen molar-refractivity contribution >= 4 is 16.9 Å². The third kappa shape index (κ3) is 3.97. The molecule has 1 saturated heterocycles. The molecule has 0 spiro atoms. The first-order valence-electron chi connectivity index (χ1n) is 9.56. The Morgan fingerprint density at radius 1 is 1.00 bits per heavy atom. The first-order chi connectivity index (χ1) is 13.6. The Bertz CT molecular complexity index is 966. The third-order valence-corrected chi connectivity index (χ3v) is 5.07. The van der Waals surface area contributed by atoms with Crippen LogP contribution in [-0.4, -0.2) is 65.0 Å². The lowest BCUT2D eigenvalue weighted by atomic mass is 10.1. The van der Waals surface area contributed by atoms with Gasteiger partial charge < -0.3 is 14.5 Å². The molecule has 6 heteroatoms. The molecule has 0 aliphatic carbocycles. The summed E-state index contributed by atoms with van der Waals surface area (Å²) in [5, 5.41) is 0. The quantitative estimate of drug-likeness (QED) is 0.701. The molecule has 3 aromatic rings. The molecular formula is C22H24N4O2. The molecule has 2 heterocycles. The van der Waals surface area contributed by atoms with Crippen LogP contribution in [0.3, 0.4) is 0 Å². The zero-order valence-electron chi connectivity index (χ0n) is 16.2. The molecule has 2 aromatic carbocycles. The average Bonchev–Trinajstić information content (AvgIpc) is 2.74. The molecule has 1 atom stereocenters. The van der Waals surface area contributed by atoms with Crippen molar-refractivity contribution < 1.29 is 9.53 Å². The fourth-order valence-corrected chi connectivity index (χ4v) is 3.34. The van der Waals surface area contributed by atoms with E-state index < -0.39 is 6.10 Å². The van der Waals surface area contributed by atoms with Crippen molar-refractivity contribution in [3.63, 3.8) is 0 Å². The monoisotopic (exact) mass is 376 g/mol. The van der Waals surface area contributed by atoms with Gasteiger partial charge in [0.05, 0.1) is 22.9 Å². The molecule has 0 N–H and O–H groups in total. The van der Waals surface area contributed by atoms with Gasteiger partial charge in [-0.3, -0.25) is 9.78 Å². The van der Waals surface area contributed by atoms with Crippen molar-refractivity contribution in [2.24, 2.45) is 0 Å². The number of para-hydroxylation sites is 2. The molecule has 4 rings (SSSR count). The lowest BCUT2D eigenvalue weighted by Crippen LogP contribution is -2.50. The Morgan fingerprint density at radius 2 is 1.68 bits per heavy atom. The molecule has 1 amide bonds. The maximum absolute atomic E-state index is 12.6. The van der Waals surface area contributed by atoms with E-state index >= 15 is 0 Å². The van der Waals surface area contributed by atoms with Crippen LogP contribution in [0.4, 0.5) is 0 Å². The van der Waals surface area contributed by atoms with Crippen LogP contribution in [0.5, 0.6) is 5.75 Å². The summed E-state index contributed by atoms with van der Waals surface area (Å²) in [6.07, 6.45) is 1.27. The second kappa shape index (κ2) is 7.94. The van der Waals surface area contributed by atoms with Gasteiger partial charge in [-0.1, -0.05) is 12.1 Å². The minimum absolute atomic E-state index is 0.0394. The summed E-state index contributed by atoms with van der Waals surface area (Å²) in [7, 11) is 2.07. The number of likely N-dealkylation sites (N-methyl/N-ethyl adjacent to an activating group) is 1. The van der Waals surface area contributed by atoms with Crippen LogP contribution in [0.2, 0.25) is 0 Å². The van der Waals surface area contributed by atoms with E-state index in [9.17, 15) is 4.79 Å². The van der Waals surface area contributed by atoms with Gasteiger partial charge >= 0.3 is 0 Å². The lowest BCUT2D eigenvalue weighted by Gasteiger charge is -2.33. The number of aromatic nitrogens is 2. The lowest BCUT2D eigenvalue weighted by molar-refractivity contribution is -0.139. The summed E-state index contributed by atoms with van der Waals surface area (Å²) in [5.41, 5.74) is 3.52. The molecule has 1 aliphatic rings. The average molecular weight is 376 g/mol. The van der Waals surface area contributed by atoms with E-state index in [1.807, 2.05) is 60.4 Å². The Kier molecular flexibility index (Phi) is 5.21. The molecule has 1 fully saturated rings. The van der Waals surface area contributed by atoms with Gasteiger partial charge in [0, 0.05) is 31.7 Å². The number of nitrogens with zero attached hydrogens (tertiary/aromatic N) is 4. The van der Waals surface area contributed by atoms with Crippen LogP contribution in [0.25, 0.3) is 22.3 Å². The summed E-state index contributed by atoms with van der Waals surface area (Å²) in [6.45, 7) is 5.12. The van der Waals surface area contributed by atoms with Gasteiger partial charge in [-0.05, 0) is 50.4 Å². The van der Waals surface area contributed by atoms with Gasteiger partial charge in [0.2, 0.25) is 0 Å². The second-order valence-electron chi connectivity index (χ2n) is 7.16. The largest absolute Gasteiger partial charge is 0.481 e. The first-order valence-corrected chi connectivity index (χ1v) is 9.56. The number of hydrogen-bond donors (Lipinski definition) is 0. The molecule has 144 valence electrons. The standard InChI is InChI=1S/C22H24N4O2/c1-16(22(27)26-13-11-25(2)12-14-26)28-18-9-7-17(8-10-18)21-15-23-19-5-3-4-6-20(19)24-21/h3-10,15-16H,11-14H2,1-2H3. The topological polar surface area (TPSA) is 58.6 Å². The number of carbonyl (C=O) groups excluding carboxylic acids is 1. The summed E-state index contributed by atoms with van der Waals surface area (Å²) >= 11 is 0. The third-order valence-electron chi connectivity index (χ3n) is 5.07. The highest BCUT2D eigenvalue weighted by Crippen LogP contribution is 2.23. The van der Waals surface area contributed by atoms with Crippen molar-refractivity contribution in [1.29, 1.82) is 0 Å². The second-order valence-corrected chi connectivity index (χ2v) is 7.16.